The molecular formula is C22H34N2O3. The molecule has 0 aromatic heterocycles. The van der Waals surface area contributed by atoms with E-state index in [1.54, 1.807) is 4.90 Å². The van der Waals surface area contributed by atoms with E-state index in [1.807, 2.05) is 37.3 Å². The highest BCUT2D eigenvalue weighted by Gasteiger charge is 2.49. The highest BCUT2D eigenvalue weighted by Crippen LogP contribution is 2.35. The standard InChI is InChI=1S/C22H34N2O3/c1-4-6-7-11-16-23-17-14-22(15-18-23,21(26)27-3)24(20(25)5-2)19-12-9-8-10-13-19/h8-10,12-13H,4-7,11,14-18H2,1-3H3. The lowest BCUT2D eigenvalue weighted by Crippen LogP contribution is -2.62. The topological polar surface area (TPSA) is 49.9 Å². The summed E-state index contributed by atoms with van der Waals surface area (Å²) in [6, 6.07) is 9.52. The molecule has 1 amide bonds. The van der Waals surface area contributed by atoms with E-state index in [2.05, 4.69) is 11.8 Å². The molecule has 1 aromatic carbocycles. The number of carbonyl (C=O) groups is 2. The monoisotopic (exact) mass is 374 g/mol. The molecule has 0 spiro atoms. The number of likely N-dealkylation sites (tertiary alicyclic amines) is 1. The number of anilines is 1. The number of para-hydroxylation sites is 1. The summed E-state index contributed by atoms with van der Waals surface area (Å²) in [6.45, 7) is 6.73. The number of carbonyl (C=O) groups excluding carboxylic acids is 2. The maximum Gasteiger partial charge on any atom is 0.332 e. The van der Waals surface area contributed by atoms with Gasteiger partial charge in [0, 0.05) is 25.2 Å². The second-order valence-electron chi connectivity index (χ2n) is 7.34. The third-order valence-electron chi connectivity index (χ3n) is 5.57. The van der Waals surface area contributed by atoms with Gasteiger partial charge in [-0.1, -0.05) is 51.3 Å². The number of hydrogen-bond donors (Lipinski definition) is 0. The summed E-state index contributed by atoms with van der Waals surface area (Å²) in [7, 11) is 1.42. The van der Waals surface area contributed by atoms with Crippen LogP contribution in [-0.4, -0.2) is 49.1 Å². The third kappa shape index (κ3) is 5.10. The summed E-state index contributed by atoms with van der Waals surface area (Å²) in [5.41, 5.74) is -0.144. The minimum atomic E-state index is -0.914. The zero-order valence-electron chi connectivity index (χ0n) is 17.1. The largest absolute Gasteiger partial charge is 0.467 e. The van der Waals surface area contributed by atoms with Gasteiger partial charge >= 0.3 is 5.97 Å². The Morgan fingerprint density at radius 3 is 2.30 bits per heavy atom. The molecular weight excluding hydrogens is 340 g/mol. The van der Waals surface area contributed by atoms with Crippen molar-refractivity contribution < 1.29 is 14.3 Å². The maximum absolute atomic E-state index is 12.9. The van der Waals surface area contributed by atoms with Gasteiger partial charge in [-0.2, -0.15) is 0 Å². The van der Waals surface area contributed by atoms with E-state index in [0.29, 0.717) is 19.3 Å². The number of piperidine rings is 1. The second kappa shape index (κ2) is 10.5. The molecule has 5 heteroatoms. The molecule has 1 aromatic rings. The highest BCUT2D eigenvalue weighted by molar-refractivity contribution is 6.02. The fourth-order valence-electron chi connectivity index (χ4n) is 3.98. The molecule has 0 unspecified atom stereocenters. The van der Waals surface area contributed by atoms with Crippen LogP contribution in [0.5, 0.6) is 0 Å². The summed E-state index contributed by atoms with van der Waals surface area (Å²) in [5, 5.41) is 0. The third-order valence-corrected chi connectivity index (χ3v) is 5.57. The van der Waals surface area contributed by atoms with Crippen LogP contribution in [0.1, 0.15) is 58.8 Å². The molecule has 0 saturated carbocycles. The number of methoxy groups -OCH3 is 1. The Hall–Kier alpha value is -1.88. The van der Waals surface area contributed by atoms with E-state index in [9.17, 15) is 9.59 Å². The lowest BCUT2D eigenvalue weighted by Gasteiger charge is -2.46. The molecule has 0 bridgehead atoms. The van der Waals surface area contributed by atoms with Gasteiger partial charge in [0.2, 0.25) is 5.91 Å². The molecule has 150 valence electrons. The van der Waals surface area contributed by atoms with E-state index in [4.69, 9.17) is 4.74 Å². The fraction of sp³-hybridized carbons (Fsp3) is 0.636. The van der Waals surface area contributed by atoms with Crippen molar-refractivity contribution in [1.29, 1.82) is 0 Å². The molecule has 0 radical (unpaired) electrons. The molecule has 0 N–H and O–H groups in total. The van der Waals surface area contributed by atoms with Crippen LogP contribution in [0, 0.1) is 0 Å². The average molecular weight is 375 g/mol. The quantitative estimate of drug-likeness (QED) is 0.484. The first kappa shape index (κ1) is 21.4. The van der Waals surface area contributed by atoms with Crippen LogP contribution in [0.4, 0.5) is 5.69 Å². The minimum absolute atomic E-state index is 0.0389. The second-order valence-corrected chi connectivity index (χ2v) is 7.34. The predicted molar refractivity (Wildman–Crippen MR) is 109 cm³/mol. The van der Waals surface area contributed by atoms with Crippen molar-refractivity contribution in [1.82, 2.24) is 4.90 Å². The number of esters is 1. The van der Waals surface area contributed by atoms with E-state index in [0.717, 1.165) is 25.3 Å². The smallest absolute Gasteiger partial charge is 0.332 e. The van der Waals surface area contributed by atoms with Crippen molar-refractivity contribution in [2.75, 3.05) is 31.6 Å². The van der Waals surface area contributed by atoms with E-state index < -0.39 is 5.54 Å². The van der Waals surface area contributed by atoms with Crippen LogP contribution in [0.3, 0.4) is 0 Å². The van der Waals surface area contributed by atoms with Gasteiger partial charge in [0.15, 0.2) is 0 Å². The predicted octanol–water partition coefficient (Wildman–Crippen LogP) is 4.02. The van der Waals surface area contributed by atoms with Gasteiger partial charge in [0.25, 0.3) is 0 Å². The summed E-state index contributed by atoms with van der Waals surface area (Å²) in [6.07, 6.45) is 6.51. The van der Waals surface area contributed by atoms with Crippen LogP contribution >= 0.6 is 0 Å². The molecule has 27 heavy (non-hydrogen) atoms. The Morgan fingerprint density at radius 1 is 1.07 bits per heavy atom. The summed E-state index contributed by atoms with van der Waals surface area (Å²) < 4.78 is 5.19. The number of unbranched alkanes of at least 4 members (excludes halogenated alkanes) is 3. The van der Waals surface area contributed by atoms with Crippen molar-refractivity contribution >= 4 is 17.6 Å². The van der Waals surface area contributed by atoms with Crippen LogP contribution in [0.25, 0.3) is 0 Å². The molecule has 1 aliphatic heterocycles. The van der Waals surface area contributed by atoms with Gasteiger partial charge in [-0.3, -0.25) is 9.69 Å². The maximum atomic E-state index is 12.9. The number of hydrogen-bond acceptors (Lipinski definition) is 4. The number of amides is 1. The van der Waals surface area contributed by atoms with E-state index >= 15 is 0 Å². The number of benzene rings is 1. The van der Waals surface area contributed by atoms with Gasteiger partial charge in [-0.15, -0.1) is 0 Å². The van der Waals surface area contributed by atoms with Crippen molar-refractivity contribution in [3.05, 3.63) is 30.3 Å². The summed E-state index contributed by atoms with van der Waals surface area (Å²) >= 11 is 0. The van der Waals surface area contributed by atoms with E-state index in [1.165, 1.54) is 32.8 Å². The van der Waals surface area contributed by atoms with Crippen molar-refractivity contribution in [2.24, 2.45) is 0 Å². The molecule has 1 saturated heterocycles. The van der Waals surface area contributed by atoms with Gasteiger partial charge in [-0.25, -0.2) is 4.79 Å². The Balaban J connectivity index is 2.21. The van der Waals surface area contributed by atoms with Crippen LogP contribution in [0.15, 0.2) is 30.3 Å². The fourth-order valence-corrected chi connectivity index (χ4v) is 3.98. The van der Waals surface area contributed by atoms with Gasteiger partial charge in [0.05, 0.1) is 7.11 Å². The molecule has 0 atom stereocenters. The first-order valence-corrected chi connectivity index (χ1v) is 10.3. The highest BCUT2D eigenvalue weighted by atomic mass is 16.5. The zero-order chi connectivity index (χ0) is 19.7. The number of nitrogens with zero attached hydrogens (tertiary/aromatic N) is 2. The Kier molecular flexibility index (Phi) is 8.29. The normalized spacial score (nSPS) is 16.7. The number of ether oxygens (including phenoxy) is 1. The number of rotatable bonds is 9. The Morgan fingerprint density at radius 2 is 1.74 bits per heavy atom. The van der Waals surface area contributed by atoms with Crippen LogP contribution in [-0.2, 0) is 14.3 Å². The zero-order valence-corrected chi connectivity index (χ0v) is 17.1. The summed E-state index contributed by atoms with van der Waals surface area (Å²) in [5.74, 6) is -0.346. The summed E-state index contributed by atoms with van der Waals surface area (Å²) in [4.78, 5) is 29.9. The van der Waals surface area contributed by atoms with Crippen molar-refractivity contribution in [3.8, 4) is 0 Å². The van der Waals surface area contributed by atoms with Gasteiger partial charge in [0.1, 0.15) is 5.54 Å². The van der Waals surface area contributed by atoms with Crippen molar-refractivity contribution in [2.45, 2.75) is 64.3 Å². The van der Waals surface area contributed by atoms with Gasteiger partial charge < -0.3 is 9.64 Å². The van der Waals surface area contributed by atoms with Crippen LogP contribution in [0.2, 0.25) is 0 Å². The van der Waals surface area contributed by atoms with E-state index in [-0.39, 0.29) is 11.9 Å². The Bertz CT molecular complexity index is 595. The average Bonchev–Trinajstić information content (AvgIpc) is 2.72. The Labute approximate surface area is 163 Å². The lowest BCUT2D eigenvalue weighted by atomic mass is 9.84. The van der Waals surface area contributed by atoms with Crippen LogP contribution < -0.4 is 4.90 Å². The van der Waals surface area contributed by atoms with Gasteiger partial charge in [-0.05, 0) is 37.9 Å². The SMILES string of the molecule is CCCCCCN1CCC(C(=O)OC)(N(C(=O)CC)c2ccccc2)CC1. The first-order valence-electron chi connectivity index (χ1n) is 10.3. The minimum Gasteiger partial charge on any atom is -0.467 e. The molecule has 1 fully saturated rings. The molecule has 0 aliphatic carbocycles. The molecule has 2 rings (SSSR count). The molecule has 5 nitrogen and oxygen atoms in total. The van der Waals surface area contributed by atoms with Crippen molar-refractivity contribution in [3.63, 3.8) is 0 Å². The molecule has 1 heterocycles. The first-order chi connectivity index (χ1) is 13.1. The lowest BCUT2D eigenvalue weighted by molar-refractivity contribution is -0.151. The molecule has 1 aliphatic rings.